The van der Waals surface area contributed by atoms with Gasteiger partial charge in [-0.05, 0) is 30.9 Å². The highest BCUT2D eigenvalue weighted by Gasteiger charge is 2.35. The molecule has 1 aromatic rings. The molecule has 1 unspecified atom stereocenters. The molecule has 1 aromatic carbocycles. The maximum Gasteiger partial charge on any atom is 0.338 e. The van der Waals surface area contributed by atoms with Gasteiger partial charge >= 0.3 is 17.7 Å². The average molecular weight is 421 g/mol. The van der Waals surface area contributed by atoms with Crippen LogP contribution in [-0.2, 0) is 9.53 Å². The van der Waals surface area contributed by atoms with Gasteiger partial charge in [-0.2, -0.15) is 0 Å². The van der Waals surface area contributed by atoms with Crippen LogP contribution in [0.15, 0.2) is 23.4 Å². The van der Waals surface area contributed by atoms with E-state index in [1.165, 1.54) is 19.2 Å². The number of hydrogen-bond acceptors (Lipinski definition) is 7. The molecule has 0 bridgehead atoms. The number of ether oxygens (including phenoxy) is 3. The van der Waals surface area contributed by atoms with Crippen molar-refractivity contribution in [1.82, 2.24) is 10.6 Å². The Balaban J connectivity index is 2.56. The van der Waals surface area contributed by atoms with Crippen molar-refractivity contribution < 1.29 is 28.7 Å². The maximum absolute atomic E-state index is 12.7. The standard InChI is InChI=1S/C20H27N3O7/c1-6-7-29-18-14(23(26)27)8-13(9-15(18)28-5)17-16(12(4)21-20(25)22-17)19(24)30-10-11(2)3/h8-9,11,17H,6-7,10H2,1-5H3,(H2,21,22,25). The van der Waals surface area contributed by atoms with Crippen LogP contribution in [0.3, 0.4) is 0 Å². The molecule has 0 aliphatic carbocycles. The number of amides is 2. The molecule has 164 valence electrons. The third-order valence-corrected chi connectivity index (χ3v) is 4.29. The topological polar surface area (TPSA) is 129 Å². The highest BCUT2D eigenvalue weighted by Crippen LogP contribution is 2.41. The number of carbonyl (C=O) groups excluding carboxylic acids is 2. The predicted octanol–water partition coefficient (Wildman–Crippen LogP) is 3.22. The number of nitro benzene ring substituents is 1. The predicted molar refractivity (Wildman–Crippen MR) is 108 cm³/mol. The molecule has 2 amide bonds. The first-order valence-corrected chi connectivity index (χ1v) is 9.64. The SMILES string of the molecule is CCCOc1c(OC)cc(C2NC(=O)NC(C)=C2C(=O)OCC(C)C)cc1[N+](=O)[O-]. The zero-order chi connectivity index (χ0) is 22.4. The number of urea groups is 1. The lowest BCUT2D eigenvalue weighted by Gasteiger charge is -2.28. The Morgan fingerprint density at radius 3 is 2.60 bits per heavy atom. The molecule has 2 N–H and O–H groups in total. The summed E-state index contributed by atoms with van der Waals surface area (Å²) < 4.78 is 16.2. The first-order valence-electron chi connectivity index (χ1n) is 9.64. The molecular weight excluding hydrogens is 394 g/mol. The molecule has 1 atom stereocenters. The Morgan fingerprint density at radius 1 is 1.33 bits per heavy atom. The summed E-state index contributed by atoms with van der Waals surface area (Å²) in [6.45, 7) is 7.71. The number of benzene rings is 1. The first-order chi connectivity index (χ1) is 14.2. The van der Waals surface area contributed by atoms with Crippen LogP contribution in [-0.4, -0.2) is 37.2 Å². The number of esters is 1. The molecule has 1 aliphatic rings. The van der Waals surface area contributed by atoms with Crippen molar-refractivity contribution in [3.05, 3.63) is 39.1 Å². The highest BCUT2D eigenvalue weighted by molar-refractivity contribution is 5.95. The van der Waals surface area contributed by atoms with E-state index >= 15 is 0 Å². The van der Waals surface area contributed by atoms with Crippen molar-refractivity contribution in [3.63, 3.8) is 0 Å². The molecule has 2 rings (SSSR count). The molecule has 30 heavy (non-hydrogen) atoms. The van der Waals surface area contributed by atoms with Crippen LogP contribution in [0.25, 0.3) is 0 Å². The molecule has 0 radical (unpaired) electrons. The van der Waals surface area contributed by atoms with Crippen molar-refractivity contribution in [2.75, 3.05) is 20.3 Å². The van der Waals surface area contributed by atoms with E-state index in [4.69, 9.17) is 14.2 Å². The van der Waals surface area contributed by atoms with Gasteiger partial charge in [-0.3, -0.25) is 10.1 Å². The summed E-state index contributed by atoms with van der Waals surface area (Å²) in [5.41, 5.74) is 0.450. The zero-order valence-corrected chi connectivity index (χ0v) is 17.7. The van der Waals surface area contributed by atoms with Gasteiger partial charge in [0.05, 0.1) is 36.9 Å². The van der Waals surface area contributed by atoms with Gasteiger partial charge in [-0.1, -0.05) is 20.8 Å². The number of carbonyl (C=O) groups is 2. The van der Waals surface area contributed by atoms with E-state index in [1.807, 2.05) is 20.8 Å². The van der Waals surface area contributed by atoms with Gasteiger partial charge in [0.25, 0.3) is 0 Å². The summed E-state index contributed by atoms with van der Waals surface area (Å²) in [6, 6.07) is 1.29. The Bertz CT molecular complexity index is 864. The van der Waals surface area contributed by atoms with Crippen LogP contribution in [0.4, 0.5) is 10.5 Å². The van der Waals surface area contributed by atoms with Crippen molar-refractivity contribution in [2.45, 2.75) is 40.2 Å². The second kappa shape index (κ2) is 9.95. The summed E-state index contributed by atoms with van der Waals surface area (Å²) in [4.78, 5) is 35.9. The third-order valence-electron chi connectivity index (χ3n) is 4.29. The fourth-order valence-electron chi connectivity index (χ4n) is 2.95. The van der Waals surface area contributed by atoms with E-state index in [-0.39, 0.29) is 41.9 Å². The van der Waals surface area contributed by atoms with Crippen molar-refractivity contribution in [2.24, 2.45) is 5.92 Å². The van der Waals surface area contributed by atoms with Crippen LogP contribution < -0.4 is 20.1 Å². The minimum absolute atomic E-state index is 0.00185. The normalized spacial score (nSPS) is 16.1. The van der Waals surface area contributed by atoms with Gasteiger partial charge in [0, 0.05) is 11.8 Å². The van der Waals surface area contributed by atoms with Gasteiger partial charge in [0.15, 0.2) is 5.75 Å². The molecule has 0 aromatic heterocycles. The Labute approximate surface area is 174 Å². The van der Waals surface area contributed by atoms with Crippen LogP contribution in [0.5, 0.6) is 11.5 Å². The minimum atomic E-state index is -0.953. The van der Waals surface area contributed by atoms with Crippen LogP contribution in [0.1, 0.15) is 45.7 Å². The zero-order valence-electron chi connectivity index (χ0n) is 17.7. The number of allylic oxidation sites excluding steroid dienone is 1. The van der Waals surface area contributed by atoms with E-state index in [1.54, 1.807) is 6.92 Å². The van der Waals surface area contributed by atoms with Crippen LogP contribution in [0, 0.1) is 16.0 Å². The average Bonchev–Trinajstić information content (AvgIpc) is 2.69. The molecule has 10 heteroatoms. The molecule has 1 aliphatic heterocycles. The number of nitro groups is 1. The molecule has 0 fully saturated rings. The quantitative estimate of drug-likeness (QED) is 0.356. The van der Waals surface area contributed by atoms with Gasteiger partial charge in [0.2, 0.25) is 5.75 Å². The van der Waals surface area contributed by atoms with E-state index < -0.39 is 23.0 Å². The van der Waals surface area contributed by atoms with Crippen molar-refractivity contribution >= 4 is 17.7 Å². The largest absolute Gasteiger partial charge is 0.493 e. The monoisotopic (exact) mass is 421 g/mol. The minimum Gasteiger partial charge on any atom is -0.493 e. The van der Waals surface area contributed by atoms with Gasteiger partial charge in [0.1, 0.15) is 0 Å². The van der Waals surface area contributed by atoms with Gasteiger partial charge in [-0.25, -0.2) is 9.59 Å². The number of hydrogen-bond donors (Lipinski definition) is 2. The molecular formula is C20H27N3O7. The summed E-state index contributed by atoms with van der Waals surface area (Å²) >= 11 is 0. The molecule has 10 nitrogen and oxygen atoms in total. The number of rotatable bonds is 9. The molecule has 1 heterocycles. The lowest BCUT2D eigenvalue weighted by molar-refractivity contribution is -0.386. The highest BCUT2D eigenvalue weighted by atomic mass is 16.6. The lowest BCUT2D eigenvalue weighted by atomic mass is 9.94. The molecule has 0 spiro atoms. The van der Waals surface area contributed by atoms with E-state index in [0.29, 0.717) is 17.7 Å². The Hall–Kier alpha value is -3.30. The maximum atomic E-state index is 12.7. The van der Waals surface area contributed by atoms with Gasteiger partial charge in [-0.15, -0.1) is 0 Å². The number of nitrogens with one attached hydrogen (secondary N) is 2. The third kappa shape index (κ3) is 5.19. The summed E-state index contributed by atoms with van der Waals surface area (Å²) in [7, 11) is 1.36. The summed E-state index contributed by atoms with van der Waals surface area (Å²) in [5.74, 6) is -0.367. The smallest absolute Gasteiger partial charge is 0.338 e. The van der Waals surface area contributed by atoms with Crippen molar-refractivity contribution in [3.8, 4) is 11.5 Å². The van der Waals surface area contributed by atoms with E-state index in [9.17, 15) is 19.7 Å². The van der Waals surface area contributed by atoms with Crippen LogP contribution in [0.2, 0.25) is 0 Å². The molecule has 0 saturated carbocycles. The Morgan fingerprint density at radius 2 is 2.03 bits per heavy atom. The number of methoxy groups -OCH3 is 1. The summed E-state index contributed by atoms with van der Waals surface area (Å²) in [5, 5.41) is 16.9. The number of nitrogens with zero attached hydrogens (tertiary/aromatic N) is 1. The second-order valence-corrected chi connectivity index (χ2v) is 7.24. The Kier molecular flexibility index (Phi) is 7.62. The van der Waals surface area contributed by atoms with Crippen molar-refractivity contribution in [1.29, 1.82) is 0 Å². The van der Waals surface area contributed by atoms with Gasteiger partial charge < -0.3 is 24.8 Å². The van der Waals surface area contributed by atoms with E-state index in [0.717, 1.165) is 0 Å². The van der Waals surface area contributed by atoms with Crippen LogP contribution >= 0.6 is 0 Å². The first kappa shape index (κ1) is 23.0. The fourth-order valence-corrected chi connectivity index (χ4v) is 2.95. The second-order valence-electron chi connectivity index (χ2n) is 7.24. The molecule has 0 saturated heterocycles. The summed E-state index contributed by atoms with van der Waals surface area (Å²) in [6.07, 6.45) is 0.653. The fraction of sp³-hybridized carbons (Fsp3) is 0.500. The van der Waals surface area contributed by atoms with E-state index in [2.05, 4.69) is 10.6 Å². The lowest BCUT2D eigenvalue weighted by Crippen LogP contribution is -2.45.